The molecule has 0 fully saturated rings. The summed E-state index contributed by atoms with van der Waals surface area (Å²) in [5, 5.41) is 0. The van der Waals surface area contributed by atoms with Crippen LogP contribution in [-0.2, 0) is 6.18 Å². The Balaban J connectivity index is 0.00000261. The Kier molecular flexibility index (Phi) is 5.85. The number of carbonyl (C=O) groups excluding carboxylic acids is 1. The summed E-state index contributed by atoms with van der Waals surface area (Å²) in [6, 6.07) is 13.4. The molecule has 0 atom stereocenters. The number of ether oxygens (including phenoxy) is 1. The lowest BCUT2D eigenvalue weighted by Gasteiger charge is -2.11. The fraction of sp³-hybridized carbons (Fsp3) is 0.105. The molecule has 0 saturated carbocycles. The number of H-pyrrole nitrogens is 1. The second kappa shape index (κ2) is 7.75. The first kappa shape index (κ1) is 20.4. The number of hydrogen-bond donors (Lipinski definition) is 2. The number of primary amides is 1. The molecule has 0 aliphatic heterocycles. The van der Waals surface area contributed by atoms with E-state index in [1.165, 1.54) is 19.2 Å². The van der Waals surface area contributed by atoms with Crippen molar-refractivity contribution in [2.24, 2.45) is 5.73 Å². The molecule has 0 saturated heterocycles. The van der Waals surface area contributed by atoms with Crippen molar-refractivity contribution in [2.75, 3.05) is 7.11 Å². The van der Waals surface area contributed by atoms with Crippen molar-refractivity contribution in [1.82, 2.24) is 4.98 Å². The molecule has 0 unspecified atom stereocenters. The number of nitrogens with one attached hydrogen (secondary N) is 1. The zero-order chi connectivity index (χ0) is 18.9. The highest BCUT2D eigenvalue weighted by atomic mass is 35.5. The van der Waals surface area contributed by atoms with Crippen LogP contribution in [-0.4, -0.2) is 18.0 Å². The molecule has 27 heavy (non-hydrogen) atoms. The molecule has 1 amide bonds. The molecule has 0 bridgehead atoms. The first-order chi connectivity index (χ1) is 12.3. The second-order valence-electron chi connectivity index (χ2n) is 5.64. The van der Waals surface area contributed by atoms with Crippen LogP contribution in [0.4, 0.5) is 13.2 Å². The minimum Gasteiger partial charge on any atom is -0.496 e. The van der Waals surface area contributed by atoms with Gasteiger partial charge in [0, 0.05) is 11.3 Å². The maximum Gasteiger partial charge on any atom is 0.416 e. The summed E-state index contributed by atoms with van der Waals surface area (Å²) in [5.41, 5.74) is 7.50. The summed E-state index contributed by atoms with van der Waals surface area (Å²) in [5.74, 6) is -0.0585. The van der Waals surface area contributed by atoms with Crippen LogP contribution in [0.2, 0.25) is 0 Å². The molecule has 1 heterocycles. The normalized spacial score (nSPS) is 11.0. The predicted octanol–water partition coefficient (Wildman–Crippen LogP) is 4.90. The highest BCUT2D eigenvalue weighted by Gasteiger charge is 2.30. The van der Waals surface area contributed by atoms with E-state index in [9.17, 15) is 18.0 Å². The highest BCUT2D eigenvalue weighted by Crippen LogP contribution is 2.35. The summed E-state index contributed by atoms with van der Waals surface area (Å²) in [4.78, 5) is 14.1. The molecular formula is C19H16ClF3N2O2. The van der Waals surface area contributed by atoms with Gasteiger partial charge in [-0.3, -0.25) is 4.79 Å². The van der Waals surface area contributed by atoms with Gasteiger partial charge in [-0.25, -0.2) is 0 Å². The third-order valence-electron chi connectivity index (χ3n) is 3.99. The van der Waals surface area contributed by atoms with Gasteiger partial charge >= 0.3 is 6.18 Å². The van der Waals surface area contributed by atoms with E-state index >= 15 is 0 Å². The Morgan fingerprint density at radius 3 is 2.15 bits per heavy atom. The number of amides is 1. The van der Waals surface area contributed by atoms with Crippen LogP contribution in [0.15, 0.2) is 54.6 Å². The lowest BCUT2D eigenvalue weighted by molar-refractivity contribution is -0.137. The third kappa shape index (κ3) is 4.25. The van der Waals surface area contributed by atoms with Crippen molar-refractivity contribution in [2.45, 2.75) is 6.18 Å². The number of benzene rings is 2. The average molecular weight is 397 g/mol. The Hall–Kier alpha value is -2.93. The van der Waals surface area contributed by atoms with Crippen molar-refractivity contribution in [1.29, 1.82) is 0 Å². The summed E-state index contributed by atoms with van der Waals surface area (Å²) < 4.78 is 43.4. The third-order valence-corrected chi connectivity index (χ3v) is 3.99. The fourth-order valence-electron chi connectivity index (χ4n) is 2.64. The van der Waals surface area contributed by atoms with Crippen LogP contribution in [0.5, 0.6) is 5.75 Å². The van der Waals surface area contributed by atoms with Gasteiger partial charge in [0.2, 0.25) is 0 Å². The molecule has 1 aromatic heterocycles. The van der Waals surface area contributed by atoms with Gasteiger partial charge in [0.1, 0.15) is 11.4 Å². The van der Waals surface area contributed by atoms with Gasteiger partial charge in [0.05, 0.1) is 12.7 Å². The Morgan fingerprint density at radius 2 is 1.63 bits per heavy atom. The van der Waals surface area contributed by atoms with E-state index in [1.807, 2.05) is 0 Å². The molecule has 2 aromatic carbocycles. The van der Waals surface area contributed by atoms with Crippen LogP contribution in [0, 0.1) is 0 Å². The number of hydrogen-bond acceptors (Lipinski definition) is 2. The Bertz CT molecular complexity index is 950. The van der Waals surface area contributed by atoms with Crippen molar-refractivity contribution >= 4 is 18.3 Å². The van der Waals surface area contributed by atoms with Gasteiger partial charge in [-0.15, -0.1) is 12.4 Å². The zero-order valence-corrected chi connectivity index (χ0v) is 14.9. The molecule has 0 spiro atoms. The van der Waals surface area contributed by atoms with Gasteiger partial charge in [-0.1, -0.05) is 18.2 Å². The van der Waals surface area contributed by atoms with Crippen molar-refractivity contribution in [3.63, 3.8) is 0 Å². The quantitative estimate of drug-likeness (QED) is 0.658. The van der Waals surface area contributed by atoms with E-state index in [1.54, 1.807) is 30.3 Å². The highest BCUT2D eigenvalue weighted by molar-refractivity contribution is 5.92. The molecular weight excluding hydrogens is 381 g/mol. The van der Waals surface area contributed by atoms with Crippen LogP contribution in [0.1, 0.15) is 16.1 Å². The maximum atomic E-state index is 12.7. The Labute approximate surface area is 159 Å². The van der Waals surface area contributed by atoms with Gasteiger partial charge in [0.15, 0.2) is 0 Å². The van der Waals surface area contributed by atoms with E-state index in [2.05, 4.69) is 4.98 Å². The summed E-state index contributed by atoms with van der Waals surface area (Å²) in [7, 11) is 1.49. The van der Waals surface area contributed by atoms with Gasteiger partial charge in [0.25, 0.3) is 5.91 Å². The fourth-order valence-corrected chi connectivity index (χ4v) is 2.64. The molecule has 4 nitrogen and oxygen atoms in total. The number of rotatable bonds is 4. The first-order valence-corrected chi connectivity index (χ1v) is 7.64. The standard InChI is InChI=1S/C19H15F3N2O2.ClH/c1-26-17-10-12(11-2-5-13(6-3-11)19(20,21)22)4-7-14(17)15-8-9-16(24-15)18(23)25;/h2-10,24H,1H3,(H2,23,25);1H. The molecule has 142 valence electrons. The number of methoxy groups -OCH3 is 1. The predicted molar refractivity (Wildman–Crippen MR) is 99.0 cm³/mol. The lowest BCUT2D eigenvalue weighted by Crippen LogP contribution is -2.10. The largest absolute Gasteiger partial charge is 0.496 e. The monoisotopic (exact) mass is 396 g/mol. The van der Waals surface area contributed by atoms with E-state index in [0.29, 0.717) is 28.1 Å². The SMILES string of the molecule is COc1cc(-c2ccc(C(F)(F)F)cc2)ccc1-c1ccc(C(N)=O)[nH]1.Cl. The van der Waals surface area contributed by atoms with E-state index in [4.69, 9.17) is 10.5 Å². The molecule has 0 aliphatic carbocycles. The number of nitrogens with two attached hydrogens (primary N) is 1. The summed E-state index contributed by atoms with van der Waals surface area (Å²) in [6.07, 6.45) is -4.37. The summed E-state index contributed by atoms with van der Waals surface area (Å²) >= 11 is 0. The Morgan fingerprint density at radius 1 is 1.00 bits per heavy atom. The number of halogens is 4. The van der Waals surface area contributed by atoms with Crippen molar-refractivity contribution in [3.8, 4) is 28.1 Å². The van der Waals surface area contributed by atoms with Gasteiger partial charge in [-0.2, -0.15) is 13.2 Å². The zero-order valence-electron chi connectivity index (χ0n) is 14.1. The van der Waals surface area contributed by atoms with Crippen molar-refractivity contribution in [3.05, 3.63) is 65.9 Å². The molecule has 3 aromatic rings. The second-order valence-corrected chi connectivity index (χ2v) is 5.64. The number of carbonyl (C=O) groups is 1. The lowest BCUT2D eigenvalue weighted by atomic mass is 10.0. The first-order valence-electron chi connectivity index (χ1n) is 7.64. The van der Waals surface area contributed by atoms with E-state index in [-0.39, 0.29) is 18.1 Å². The van der Waals surface area contributed by atoms with E-state index in [0.717, 1.165) is 12.1 Å². The maximum absolute atomic E-state index is 12.7. The topological polar surface area (TPSA) is 68.1 Å². The van der Waals surface area contributed by atoms with E-state index < -0.39 is 17.6 Å². The average Bonchev–Trinajstić information content (AvgIpc) is 3.11. The smallest absolute Gasteiger partial charge is 0.416 e. The molecule has 3 N–H and O–H groups in total. The minimum absolute atomic E-state index is 0. The number of aromatic amines is 1. The van der Waals surface area contributed by atoms with Crippen molar-refractivity contribution < 1.29 is 22.7 Å². The van der Waals surface area contributed by atoms with Gasteiger partial charge < -0.3 is 15.5 Å². The molecule has 8 heteroatoms. The number of aromatic nitrogens is 1. The molecule has 0 radical (unpaired) electrons. The molecule has 3 rings (SSSR count). The number of alkyl halides is 3. The van der Waals surface area contributed by atoms with Gasteiger partial charge in [-0.05, 0) is 47.5 Å². The van der Waals surface area contributed by atoms with Crippen LogP contribution in [0.3, 0.4) is 0 Å². The minimum atomic E-state index is -4.37. The van der Waals surface area contributed by atoms with Crippen LogP contribution < -0.4 is 10.5 Å². The summed E-state index contributed by atoms with van der Waals surface area (Å²) in [6.45, 7) is 0. The van der Waals surface area contributed by atoms with Crippen LogP contribution in [0.25, 0.3) is 22.4 Å². The van der Waals surface area contributed by atoms with Crippen LogP contribution >= 0.6 is 12.4 Å². The molecule has 0 aliphatic rings.